The summed E-state index contributed by atoms with van der Waals surface area (Å²) in [5.74, 6) is 1.30. The number of anilines is 1. The van der Waals surface area contributed by atoms with Crippen LogP contribution in [0.1, 0.15) is 33.1 Å². The van der Waals surface area contributed by atoms with E-state index < -0.39 is 5.60 Å². The van der Waals surface area contributed by atoms with E-state index >= 15 is 0 Å². The zero-order valence-electron chi connectivity index (χ0n) is 18.9. The largest absolute Gasteiger partial charge is 0.493 e. The molecule has 2 saturated heterocycles. The van der Waals surface area contributed by atoms with Gasteiger partial charge in [-0.3, -0.25) is 10.2 Å². The first kappa shape index (κ1) is 23.1. The highest BCUT2D eigenvalue weighted by Crippen LogP contribution is 2.31. The third-order valence-electron chi connectivity index (χ3n) is 5.81. The standard InChI is InChI=1S/C22H39N5O3/c1-5-10-27-13-9-20(23-3)25-21(27)24-17-7-8-18(29-4)19(14-17)30-16-22(2,28)15-26-11-6-12-26/h7-8,14,20-21,23-25,28H,5-6,9-13,15-16H2,1-4H3. The molecule has 8 heteroatoms. The van der Waals surface area contributed by atoms with Crippen LogP contribution in [0, 0.1) is 0 Å². The number of hydrogen-bond acceptors (Lipinski definition) is 8. The Kier molecular flexibility index (Phi) is 8.19. The Balaban J connectivity index is 1.66. The van der Waals surface area contributed by atoms with Gasteiger partial charge in [0, 0.05) is 31.4 Å². The van der Waals surface area contributed by atoms with E-state index in [0.717, 1.165) is 44.7 Å². The first-order valence-electron chi connectivity index (χ1n) is 11.1. The van der Waals surface area contributed by atoms with E-state index in [9.17, 15) is 5.11 Å². The van der Waals surface area contributed by atoms with Gasteiger partial charge in [0.15, 0.2) is 11.5 Å². The van der Waals surface area contributed by atoms with Gasteiger partial charge in [0.2, 0.25) is 0 Å². The van der Waals surface area contributed by atoms with Crippen LogP contribution in [0.15, 0.2) is 18.2 Å². The van der Waals surface area contributed by atoms with Gasteiger partial charge >= 0.3 is 0 Å². The summed E-state index contributed by atoms with van der Waals surface area (Å²) < 4.78 is 11.5. The number of hydrogen-bond donors (Lipinski definition) is 4. The fourth-order valence-corrected chi connectivity index (χ4v) is 4.03. The molecule has 2 fully saturated rings. The summed E-state index contributed by atoms with van der Waals surface area (Å²) in [6, 6.07) is 5.86. The minimum absolute atomic E-state index is 0.0342. The third kappa shape index (κ3) is 6.21. The molecule has 3 rings (SSSR count). The Hall–Kier alpha value is -1.58. The number of rotatable bonds is 11. The number of nitrogens with one attached hydrogen (secondary N) is 3. The Labute approximate surface area is 180 Å². The van der Waals surface area contributed by atoms with Gasteiger partial charge in [-0.05, 0) is 58.5 Å². The summed E-state index contributed by atoms with van der Waals surface area (Å²) >= 11 is 0. The highest BCUT2D eigenvalue weighted by Gasteiger charge is 2.29. The van der Waals surface area contributed by atoms with E-state index in [0.29, 0.717) is 18.0 Å². The highest BCUT2D eigenvalue weighted by atomic mass is 16.5. The van der Waals surface area contributed by atoms with Crippen LogP contribution in [0.25, 0.3) is 0 Å². The molecule has 0 bridgehead atoms. The minimum atomic E-state index is -0.905. The number of nitrogens with zero attached hydrogens (tertiary/aromatic N) is 2. The second-order valence-corrected chi connectivity index (χ2v) is 8.66. The van der Waals surface area contributed by atoms with Gasteiger partial charge in [0.25, 0.3) is 0 Å². The molecule has 2 aliphatic rings. The van der Waals surface area contributed by atoms with Crippen molar-refractivity contribution in [3.8, 4) is 11.5 Å². The highest BCUT2D eigenvalue weighted by molar-refractivity contribution is 5.55. The SMILES string of the molecule is CCCN1CCC(NC)NC1Nc1ccc(OC)c(OCC(C)(O)CN2CCC2)c1. The van der Waals surface area contributed by atoms with Gasteiger partial charge in [-0.25, -0.2) is 0 Å². The van der Waals surface area contributed by atoms with Gasteiger partial charge in [0.1, 0.15) is 18.5 Å². The predicted molar refractivity (Wildman–Crippen MR) is 120 cm³/mol. The fourth-order valence-electron chi connectivity index (χ4n) is 4.03. The van der Waals surface area contributed by atoms with Gasteiger partial charge in [0.05, 0.1) is 13.3 Å². The summed E-state index contributed by atoms with van der Waals surface area (Å²) in [5, 5.41) is 21.2. The maximum Gasteiger partial charge on any atom is 0.163 e. The lowest BCUT2D eigenvalue weighted by Gasteiger charge is -2.41. The van der Waals surface area contributed by atoms with Crippen molar-refractivity contribution >= 4 is 5.69 Å². The molecule has 2 heterocycles. The van der Waals surface area contributed by atoms with Crippen molar-refractivity contribution in [3.05, 3.63) is 18.2 Å². The molecule has 30 heavy (non-hydrogen) atoms. The third-order valence-corrected chi connectivity index (χ3v) is 5.81. The maximum absolute atomic E-state index is 10.7. The van der Waals surface area contributed by atoms with Crippen LogP contribution in [0.4, 0.5) is 5.69 Å². The first-order valence-corrected chi connectivity index (χ1v) is 11.1. The summed E-state index contributed by atoms with van der Waals surface area (Å²) in [7, 11) is 3.62. The summed E-state index contributed by atoms with van der Waals surface area (Å²) in [4.78, 5) is 4.66. The Bertz CT molecular complexity index is 668. The minimum Gasteiger partial charge on any atom is -0.493 e. The zero-order valence-corrected chi connectivity index (χ0v) is 18.9. The fraction of sp³-hybridized carbons (Fsp3) is 0.727. The lowest BCUT2D eigenvalue weighted by atomic mass is 10.1. The second-order valence-electron chi connectivity index (χ2n) is 8.66. The number of likely N-dealkylation sites (tertiary alicyclic amines) is 1. The van der Waals surface area contributed by atoms with Crippen molar-refractivity contribution in [1.82, 2.24) is 20.4 Å². The predicted octanol–water partition coefficient (Wildman–Crippen LogP) is 1.48. The van der Waals surface area contributed by atoms with Crippen LogP contribution in [-0.2, 0) is 0 Å². The quantitative estimate of drug-likeness (QED) is 0.428. The van der Waals surface area contributed by atoms with Gasteiger partial charge in [-0.15, -0.1) is 0 Å². The molecule has 0 spiro atoms. The average molecular weight is 422 g/mol. The molecule has 170 valence electrons. The van der Waals surface area contributed by atoms with Crippen LogP contribution in [-0.4, -0.2) is 86.5 Å². The normalized spacial score (nSPS) is 24.7. The van der Waals surface area contributed by atoms with E-state index in [2.05, 4.69) is 32.7 Å². The number of benzene rings is 1. The summed E-state index contributed by atoms with van der Waals surface area (Å²) in [5.41, 5.74) is 0.0427. The van der Waals surface area contributed by atoms with Crippen LogP contribution >= 0.6 is 0 Å². The van der Waals surface area contributed by atoms with Gasteiger partial charge in [-0.1, -0.05) is 6.92 Å². The molecule has 1 aromatic rings. The molecule has 8 nitrogen and oxygen atoms in total. The van der Waals surface area contributed by atoms with Crippen molar-refractivity contribution in [1.29, 1.82) is 0 Å². The van der Waals surface area contributed by atoms with E-state index in [1.807, 2.05) is 32.2 Å². The lowest BCUT2D eigenvalue weighted by Crippen LogP contribution is -2.62. The van der Waals surface area contributed by atoms with Crippen LogP contribution in [0.5, 0.6) is 11.5 Å². The molecule has 4 N–H and O–H groups in total. The molecular weight excluding hydrogens is 382 g/mol. The second kappa shape index (κ2) is 10.6. The van der Waals surface area contributed by atoms with Crippen LogP contribution in [0.2, 0.25) is 0 Å². The van der Waals surface area contributed by atoms with Crippen molar-refractivity contribution in [2.75, 3.05) is 58.8 Å². The van der Waals surface area contributed by atoms with Crippen molar-refractivity contribution in [2.24, 2.45) is 0 Å². The molecule has 0 saturated carbocycles. The Morgan fingerprint density at radius 1 is 1.27 bits per heavy atom. The lowest BCUT2D eigenvalue weighted by molar-refractivity contribution is -0.0310. The smallest absolute Gasteiger partial charge is 0.163 e. The molecule has 0 radical (unpaired) electrons. The van der Waals surface area contributed by atoms with E-state index in [-0.39, 0.29) is 19.1 Å². The molecule has 3 unspecified atom stereocenters. The summed E-state index contributed by atoms with van der Waals surface area (Å²) in [6.07, 6.45) is 3.69. The molecule has 2 aliphatic heterocycles. The number of aliphatic hydroxyl groups is 1. The Morgan fingerprint density at radius 2 is 2.07 bits per heavy atom. The molecule has 3 atom stereocenters. The topological polar surface area (TPSA) is 81.3 Å². The van der Waals surface area contributed by atoms with Crippen LogP contribution < -0.4 is 25.4 Å². The van der Waals surface area contributed by atoms with E-state index in [1.54, 1.807) is 7.11 Å². The number of ether oxygens (including phenoxy) is 2. The van der Waals surface area contributed by atoms with Crippen LogP contribution in [0.3, 0.4) is 0 Å². The van der Waals surface area contributed by atoms with Crippen molar-refractivity contribution in [2.45, 2.75) is 51.2 Å². The van der Waals surface area contributed by atoms with Crippen molar-refractivity contribution in [3.63, 3.8) is 0 Å². The Morgan fingerprint density at radius 3 is 2.70 bits per heavy atom. The average Bonchev–Trinajstić information content (AvgIpc) is 2.71. The molecule has 0 aromatic heterocycles. The number of methoxy groups -OCH3 is 1. The molecule has 0 aliphatic carbocycles. The zero-order chi connectivity index (χ0) is 21.6. The van der Waals surface area contributed by atoms with Gasteiger partial charge < -0.3 is 30.1 Å². The molecule has 1 aromatic carbocycles. The van der Waals surface area contributed by atoms with E-state index in [4.69, 9.17) is 9.47 Å². The summed E-state index contributed by atoms with van der Waals surface area (Å²) in [6.45, 7) is 9.03. The van der Waals surface area contributed by atoms with E-state index in [1.165, 1.54) is 6.42 Å². The monoisotopic (exact) mass is 421 g/mol. The number of β-amino-alcohol motifs (C(OH)–C–C–N with tert-alkyl or cyclic N) is 1. The van der Waals surface area contributed by atoms with Crippen molar-refractivity contribution < 1.29 is 14.6 Å². The maximum atomic E-state index is 10.7. The molecule has 0 amide bonds. The molecular formula is C22H39N5O3. The first-order chi connectivity index (χ1) is 14.4. The van der Waals surface area contributed by atoms with Gasteiger partial charge in [-0.2, -0.15) is 0 Å².